The summed E-state index contributed by atoms with van der Waals surface area (Å²) in [5.74, 6) is 2.83. The molecule has 0 amide bonds. The summed E-state index contributed by atoms with van der Waals surface area (Å²) in [6.07, 6.45) is 7.80. The topological polar surface area (TPSA) is 25.8 Å². The first-order chi connectivity index (χ1) is 5.50. The molecule has 2 nitrogen and oxygen atoms in total. The Balaban J connectivity index is 0.000000112. The van der Waals surface area contributed by atoms with Gasteiger partial charge in [-0.2, -0.15) is 11.8 Å². The zero-order chi connectivity index (χ0) is 7.78. The fourth-order valence-corrected chi connectivity index (χ4v) is 1.78. The second kappa shape index (κ2) is 6.16. The van der Waals surface area contributed by atoms with Gasteiger partial charge in [-0.25, -0.2) is 9.97 Å². The van der Waals surface area contributed by atoms with Gasteiger partial charge in [0.2, 0.25) is 0 Å². The van der Waals surface area contributed by atoms with Crippen LogP contribution in [-0.4, -0.2) is 21.5 Å². The SMILES string of the molecule is C1CCSC1.c1cncnc1. The van der Waals surface area contributed by atoms with E-state index < -0.39 is 0 Å². The van der Waals surface area contributed by atoms with E-state index in [0.717, 1.165) is 0 Å². The Morgan fingerprint density at radius 3 is 1.82 bits per heavy atom. The Bertz CT molecular complexity index is 129. The number of thioether (sulfide) groups is 1. The summed E-state index contributed by atoms with van der Waals surface area (Å²) in [6, 6.07) is 1.78. The van der Waals surface area contributed by atoms with Crippen LogP contribution in [0.5, 0.6) is 0 Å². The molecule has 0 saturated carbocycles. The van der Waals surface area contributed by atoms with E-state index in [0.29, 0.717) is 0 Å². The molecule has 60 valence electrons. The Hall–Kier alpha value is -0.570. The van der Waals surface area contributed by atoms with Crippen LogP contribution in [0.25, 0.3) is 0 Å². The number of hydrogen-bond acceptors (Lipinski definition) is 3. The molecule has 3 heteroatoms. The van der Waals surface area contributed by atoms with Gasteiger partial charge in [-0.1, -0.05) is 0 Å². The summed E-state index contributed by atoms with van der Waals surface area (Å²) in [5, 5.41) is 0. The van der Waals surface area contributed by atoms with Crippen molar-refractivity contribution in [3.63, 3.8) is 0 Å². The third-order valence-corrected chi connectivity index (χ3v) is 2.46. The maximum Gasteiger partial charge on any atom is 0.115 e. The molecule has 0 bridgehead atoms. The van der Waals surface area contributed by atoms with Gasteiger partial charge in [-0.3, -0.25) is 0 Å². The van der Waals surface area contributed by atoms with Gasteiger partial charge in [0, 0.05) is 12.4 Å². The predicted molar refractivity (Wildman–Crippen MR) is 48.6 cm³/mol. The third kappa shape index (κ3) is 4.79. The molecule has 1 aliphatic rings. The molecule has 2 heterocycles. The first-order valence-corrected chi connectivity index (χ1v) is 4.93. The largest absolute Gasteiger partial charge is 0.245 e. The molecule has 1 aromatic heterocycles. The van der Waals surface area contributed by atoms with Crippen molar-refractivity contribution in [2.75, 3.05) is 11.5 Å². The van der Waals surface area contributed by atoms with E-state index in [1.165, 1.54) is 30.7 Å². The van der Waals surface area contributed by atoms with Crippen molar-refractivity contribution in [1.29, 1.82) is 0 Å². The molecule has 0 spiro atoms. The summed E-state index contributed by atoms with van der Waals surface area (Å²) in [6.45, 7) is 0. The molecule has 0 N–H and O–H groups in total. The van der Waals surface area contributed by atoms with Crippen LogP contribution in [0, 0.1) is 0 Å². The van der Waals surface area contributed by atoms with E-state index in [1.54, 1.807) is 18.5 Å². The molecule has 1 aliphatic heterocycles. The highest BCUT2D eigenvalue weighted by atomic mass is 32.2. The van der Waals surface area contributed by atoms with Crippen LogP contribution in [0.15, 0.2) is 24.8 Å². The Morgan fingerprint density at radius 2 is 1.64 bits per heavy atom. The summed E-state index contributed by atoms with van der Waals surface area (Å²) in [7, 11) is 0. The van der Waals surface area contributed by atoms with Crippen LogP contribution in [0.3, 0.4) is 0 Å². The second-order valence-electron chi connectivity index (χ2n) is 2.22. The minimum Gasteiger partial charge on any atom is -0.245 e. The standard InChI is InChI=1S/C4H4N2.C4H8S/c1-2-5-4-6-3-1;1-2-4-5-3-1/h1-4H;1-4H2. The molecule has 0 atom stereocenters. The Morgan fingerprint density at radius 1 is 1.00 bits per heavy atom. The van der Waals surface area contributed by atoms with Gasteiger partial charge in [0.05, 0.1) is 0 Å². The van der Waals surface area contributed by atoms with Crippen molar-refractivity contribution < 1.29 is 0 Å². The summed E-state index contributed by atoms with van der Waals surface area (Å²) in [5.41, 5.74) is 0. The minimum atomic E-state index is 1.42. The Kier molecular flexibility index (Phi) is 4.77. The molecule has 11 heavy (non-hydrogen) atoms. The van der Waals surface area contributed by atoms with Crippen molar-refractivity contribution in [2.45, 2.75) is 12.8 Å². The maximum absolute atomic E-state index is 3.67. The van der Waals surface area contributed by atoms with Gasteiger partial charge in [-0.15, -0.1) is 0 Å². The highest BCUT2D eigenvalue weighted by Gasteiger charge is 1.95. The number of hydrogen-bond donors (Lipinski definition) is 0. The van der Waals surface area contributed by atoms with Crippen LogP contribution in [0.2, 0.25) is 0 Å². The molecular formula is C8H12N2S. The van der Waals surface area contributed by atoms with Crippen LogP contribution in [0.4, 0.5) is 0 Å². The lowest BCUT2D eigenvalue weighted by Gasteiger charge is -1.70. The number of rotatable bonds is 0. The van der Waals surface area contributed by atoms with Crippen LogP contribution < -0.4 is 0 Å². The van der Waals surface area contributed by atoms with Crippen LogP contribution >= 0.6 is 11.8 Å². The van der Waals surface area contributed by atoms with Crippen molar-refractivity contribution in [2.24, 2.45) is 0 Å². The minimum absolute atomic E-state index is 1.42. The first kappa shape index (κ1) is 8.53. The quantitative estimate of drug-likeness (QED) is 0.592. The zero-order valence-corrected chi connectivity index (χ0v) is 7.26. The van der Waals surface area contributed by atoms with Crippen LogP contribution in [0.1, 0.15) is 12.8 Å². The fraction of sp³-hybridized carbons (Fsp3) is 0.500. The van der Waals surface area contributed by atoms with E-state index in [1.807, 2.05) is 0 Å². The zero-order valence-electron chi connectivity index (χ0n) is 6.44. The normalized spacial score (nSPS) is 15.3. The van der Waals surface area contributed by atoms with Gasteiger partial charge in [0.25, 0.3) is 0 Å². The Labute approximate surface area is 71.5 Å². The molecular weight excluding hydrogens is 156 g/mol. The molecule has 0 unspecified atom stereocenters. The maximum atomic E-state index is 3.67. The van der Waals surface area contributed by atoms with Gasteiger partial charge in [0.15, 0.2) is 0 Å². The molecule has 1 fully saturated rings. The predicted octanol–water partition coefficient (Wildman–Crippen LogP) is 1.99. The van der Waals surface area contributed by atoms with E-state index in [2.05, 4.69) is 21.7 Å². The van der Waals surface area contributed by atoms with Gasteiger partial charge in [0.1, 0.15) is 6.33 Å². The summed E-state index contributed by atoms with van der Waals surface area (Å²) in [4.78, 5) is 7.35. The summed E-state index contributed by atoms with van der Waals surface area (Å²) < 4.78 is 0. The van der Waals surface area contributed by atoms with Gasteiger partial charge in [-0.05, 0) is 30.4 Å². The third-order valence-electron chi connectivity index (χ3n) is 1.30. The van der Waals surface area contributed by atoms with E-state index >= 15 is 0 Å². The van der Waals surface area contributed by atoms with Gasteiger partial charge >= 0.3 is 0 Å². The molecule has 2 rings (SSSR count). The molecule has 0 aliphatic carbocycles. The monoisotopic (exact) mass is 168 g/mol. The molecule has 0 aromatic carbocycles. The molecule has 1 saturated heterocycles. The second-order valence-corrected chi connectivity index (χ2v) is 3.45. The van der Waals surface area contributed by atoms with E-state index in [9.17, 15) is 0 Å². The smallest absolute Gasteiger partial charge is 0.115 e. The average Bonchev–Trinajstić information content (AvgIpc) is 2.64. The van der Waals surface area contributed by atoms with Crippen molar-refractivity contribution >= 4 is 11.8 Å². The van der Waals surface area contributed by atoms with Crippen molar-refractivity contribution in [3.8, 4) is 0 Å². The lowest BCUT2D eigenvalue weighted by atomic mass is 10.4. The van der Waals surface area contributed by atoms with Gasteiger partial charge < -0.3 is 0 Å². The van der Waals surface area contributed by atoms with Crippen molar-refractivity contribution in [1.82, 2.24) is 9.97 Å². The van der Waals surface area contributed by atoms with Crippen LogP contribution in [-0.2, 0) is 0 Å². The molecule has 0 radical (unpaired) electrons. The first-order valence-electron chi connectivity index (χ1n) is 3.78. The lowest BCUT2D eigenvalue weighted by Crippen LogP contribution is -1.66. The molecule has 1 aromatic rings. The lowest BCUT2D eigenvalue weighted by molar-refractivity contribution is 0.949. The highest BCUT2D eigenvalue weighted by Crippen LogP contribution is 2.14. The number of aromatic nitrogens is 2. The fourth-order valence-electron chi connectivity index (χ4n) is 0.764. The van der Waals surface area contributed by atoms with Crippen molar-refractivity contribution in [3.05, 3.63) is 24.8 Å². The number of nitrogens with zero attached hydrogens (tertiary/aromatic N) is 2. The average molecular weight is 168 g/mol. The summed E-state index contributed by atoms with van der Waals surface area (Å²) >= 11 is 2.07. The van der Waals surface area contributed by atoms with E-state index in [4.69, 9.17) is 0 Å². The van der Waals surface area contributed by atoms with E-state index in [-0.39, 0.29) is 0 Å². The highest BCUT2D eigenvalue weighted by molar-refractivity contribution is 7.99.